The van der Waals surface area contributed by atoms with Gasteiger partial charge in [-0.25, -0.2) is 4.79 Å². The molecule has 25 heavy (non-hydrogen) atoms. The van der Waals surface area contributed by atoms with Crippen LogP contribution in [0, 0.1) is 11.3 Å². The van der Waals surface area contributed by atoms with Gasteiger partial charge in [-0.3, -0.25) is 9.59 Å². The first-order valence-corrected chi connectivity index (χ1v) is 9.99. The van der Waals surface area contributed by atoms with Crippen molar-refractivity contribution < 1.29 is 14.4 Å². The number of primary amides is 1. The molecule has 0 aromatic heterocycles. The Hall–Kier alpha value is -1.44. The van der Waals surface area contributed by atoms with Crippen LogP contribution in [0.3, 0.4) is 0 Å². The molecule has 0 bridgehead atoms. The van der Waals surface area contributed by atoms with Crippen LogP contribution in [-0.4, -0.2) is 49.0 Å². The first-order valence-electron chi connectivity index (χ1n) is 8.83. The quantitative estimate of drug-likeness (QED) is 0.366. The van der Waals surface area contributed by atoms with Gasteiger partial charge >= 0.3 is 6.03 Å². The highest BCUT2D eigenvalue weighted by atomic mass is 32.2. The van der Waals surface area contributed by atoms with Gasteiger partial charge in [0.15, 0.2) is 0 Å². The van der Waals surface area contributed by atoms with E-state index < -0.39 is 5.91 Å². The number of thioether (sulfide) groups is 1. The Balaban J connectivity index is 3.62. The minimum Gasteiger partial charge on any atom is -0.368 e. The second-order valence-corrected chi connectivity index (χ2v) is 8.11. The van der Waals surface area contributed by atoms with E-state index in [9.17, 15) is 14.4 Å². The Kier molecular flexibility index (Phi) is 12.1. The van der Waals surface area contributed by atoms with Gasteiger partial charge in [0.25, 0.3) is 0 Å². The summed E-state index contributed by atoms with van der Waals surface area (Å²) in [5.74, 6) is 0.401. The maximum Gasteiger partial charge on any atom is 0.314 e. The Morgan fingerprint density at radius 1 is 1.12 bits per heavy atom. The summed E-state index contributed by atoms with van der Waals surface area (Å²) in [6, 6.07) is -0.151. The third-order valence-corrected chi connectivity index (χ3v) is 5.29. The fraction of sp³-hybridized carbons (Fsp3) is 0.824. The van der Waals surface area contributed by atoms with Crippen molar-refractivity contribution in [1.82, 2.24) is 16.0 Å². The van der Waals surface area contributed by atoms with Crippen molar-refractivity contribution in [2.24, 2.45) is 17.1 Å². The van der Waals surface area contributed by atoms with Crippen LogP contribution in [0.4, 0.5) is 4.79 Å². The molecule has 0 radical (unpaired) electrons. The molecule has 146 valence electrons. The van der Waals surface area contributed by atoms with Crippen molar-refractivity contribution in [3.05, 3.63) is 0 Å². The van der Waals surface area contributed by atoms with E-state index in [-0.39, 0.29) is 24.4 Å². The third-order valence-electron chi connectivity index (χ3n) is 4.06. The lowest BCUT2D eigenvalue weighted by Crippen LogP contribution is -2.38. The van der Waals surface area contributed by atoms with Gasteiger partial charge in [-0.2, -0.15) is 11.8 Å². The van der Waals surface area contributed by atoms with Crippen LogP contribution in [0.2, 0.25) is 0 Å². The van der Waals surface area contributed by atoms with E-state index in [1.807, 2.05) is 0 Å². The third kappa shape index (κ3) is 13.5. The fourth-order valence-electron chi connectivity index (χ4n) is 1.93. The summed E-state index contributed by atoms with van der Waals surface area (Å²) >= 11 is 1.58. The van der Waals surface area contributed by atoms with Gasteiger partial charge in [-0.15, -0.1) is 0 Å². The average molecular weight is 375 g/mol. The van der Waals surface area contributed by atoms with Crippen LogP contribution in [0.25, 0.3) is 0 Å². The van der Waals surface area contributed by atoms with Crippen molar-refractivity contribution in [2.45, 2.75) is 47.0 Å². The van der Waals surface area contributed by atoms with Crippen molar-refractivity contribution in [1.29, 1.82) is 0 Å². The molecule has 8 heteroatoms. The van der Waals surface area contributed by atoms with Crippen LogP contribution in [0.5, 0.6) is 0 Å². The molecule has 0 heterocycles. The molecule has 0 aromatic rings. The van der Waals surface area contributed by atoms with Gasteiger partial charge < -0.3 is 21.7 Å². The van der Waals surface area contributed by atoms with Gasteiger partial charge in [-0.05, 0) is 18.3 Å². The minimum atomic E-state index is -0.554. The highest BCUT2D eigenvalue weighted by Gasteiger charge is 2.14. The van der Waals surface area contributed by atoms with Crippen LogP contribution in [0.1, 0.15) is 47.0 Å². The number of hydrogen-bond donors (Lipinski definition) is 4. The van der Waals surface area contributed by atoms with Crippen molar-refractivity contribution in [2.75, 3.05) is 31.1 Å². The number of urea groups is 1. The second kappa shape index (κ2) is 12.9. The molecular formula is C17H34N4O3S. The average Bonchev–Trinajstić information content (AvgIpc) is 2.56. The summed E-state index contributed by atoms with van der Waals surface area (Å²) in [6.07, 6.45) is 3.20. The maximum atomic E-state index is 11.7. The summed E-state index contributed by atoms with van der Waals surface area (Å²) in [4.78, 5) is 33.9. The fourth-order valence-corrected chi connectivity index (χ4v) is 2.85. The number of hydrogen-bond acceptors (Lipinski definition) is 4. The number of carbonyl (C=O) groups is 3. The summed E-state index contributed by atoms with van der Waals surface area (Å²) in [5.41, 5.74) is 5.30. The molecule has 0 spiro atoms. The van der Waals surface area contributed by atoms with Crippen LogP contribution in [0.15, 0.2) is 0 Å². The summed E-state index contributed by atoms with van der Waals surface area (Å²) in [7, 11) is 0. The number of carbonyl (C=O) groups excluding carboxylic acids is 3. The standard InChI is InChI=1S/C17H34N4O3S/c1-5-17(3,4)7-6-8-19-16(24)20-9-10-25-12-13(2)15(23)21-11-14(18)22/h13H,5-12H2,1-4H3,(H2,18,22)(H,21,23)(H2,19,20,24). The molecular weight excluding hydrogens is 340 g/mol. The van der Waals surface area contributed by atoms with Gasteiger partial charge in [0.05, 0.1) is 6.54 Å². The van der Waals surface area contributed by atoms with E-state index in [0.717, 1.165) is 25.0 Å². The van der Waals surface area contributed by atoms with E-state index in [2.05, 4.69) is 36.7 Å². The lowest BCUT2D eigenvalue weighted by molar-refractivity contribution is -0.126. The van der Waals surface area contributed by atoms with E-state index in [4.69, 9.17) is 5.73 Å². The zero-order chi connectivity index (χ0) is 19.3. The van der Waals surface area contributed by atoms with Crippen molar-refractivity contribution >= 4 is 29.6 Å². The molecule has 5 N–H and O–H groups in total. The van der Waals surface area contributed by atoms with Gasteiger partial charge in [-0.1, -0.05) is 34.1 Å². The Bertz CT molecular complexity index is 430. The highest BCUT2D eigenvalue weighted by Crippen LogP contribution is 2.25. The molecule has 0 aliphatic heterocycles. The molecule has 1 atom stereocenters. The molecule has 0 aliphatic carbocycles. The summed E-state index contributed by atoms with van der Waals surface area (Å²) in [6.45, 7) is 9.54. The van der Waals surface area contributed by atoms with Crippen LogP contribution < -0.4 is 21.7 Å². The topological polar surface area (TPSA) is 113 Å². The molecule has 0 aromatic carbocycles. The summed E-state index contributed by atoms with van der Waals surface area (Å²) in [5, 5.41) is 8.14. The molecule has 7 nitrogen and oxygen atoms in total. The SMILES string of the molecule is CCC(C)(C)CCCNC(=O)NCCSCC(C)C(=O)NCC(N)=O. The maximum absolute atomic E-state index is 11.7. The lowest BCUT2D eigenvalue weighted by Gasteiger charge is -2.22. The monoisotopic (exact) mass is 374 g/mol. The smallest absolute Gasteiger partial charge is 0.314 e. The Morgan fingerprint density at radius 3 is 2.36 bits per heavy atom. The zero-order valence-corrected chi connectivity index (χ0v) is 16.8. The lowest BCUT2D eigenvalue weighted by atomic mass is 9.85. The predicted octanol–water partition coefficient (Wildman–Crippen LogP) is 1.47. The van der Waals surface area contributed by atoms with E-state index >= 15 is 0 Å². The van der Waals surface area contributed by atoms with Gasteiger partial charge in [0.1, 0.15) is 0 Å². The first-order chi connectivity index (χ1) is 11.7. The van der Waals surface area contributed by atoms with Gasteiger partial charge in [0, 0.05) is 30.5 Å². The van der Waals surface area contributed by atoms with Gasteiger partial charge in [0.2, 0.25) is 11.8 Å². The molecule has 0 aliphatic rings. The molecule has 0 rings (SSSR count). The Morgan fingerprint density at radius 2 is 1.76 bits per heavy atom. The molecule has 0 saturated heterocycles. The van der Waals surface area contributed by atoms with Crippen molar-refractivity contribution in [3.8, 4) is 0 Å². The highest BCUT2D eigenvalue weighted by molar-refractivity contribution is 7.99. The molecule has 4 amide bonds. The minimum absolute atomic E-state index is 0.134. The molecule has 0 saturated carbocycles. The van der Waals surface area contributed by atoms with E-state index in [1.165, 1.54) is 0 Å². The number of nitrogens with one attached hydrogen (secondary N) is 3. The number of rotatable bonds is 13. The largest absolute Gasteiger partial charge is 0.368 e. The van der Waals surface area contributed by atoms with Crippen LogP contribution in [-0.2, 0) is 9.59 Å². The zero-order valence-electron chi connectivity index (χ0n) is 15.9. The van der Waals surface area contributed by atoms with Crippen molar-refractivity contribution in [3.63, 3.8) is 0 Å². The Labute approximate surface area is 155 Å². The van der Waals surface area contributed by atoms with E-state index in [0.29, 0.717) is 24.3 Å². The molecule has 0 fully saturated rings. The molecule has 1 unspecified atom stereocenters. The number of nitrogens with two attached hydrogens (primary N) is 1. The van der Waals surface area contributed by atoms with Crippen LogP contribution >= 0.6 is 11.8 Å². The second-order valence-electron chi connectivity index (χ2n) is 6.96. The normalized spacial score (nSPS) is 12.3. The number of amides is 4. The first kappa shape index (κ1) is 23.6. The predicted molar refractivity (Wildman–Crippen MR) is 103 cm³/mol. The van der Waals surface area contributed by atoms with E-state index in [1.54, 1.807) is 18.7 Å². The summed E-state index contributed by atoms with van der Waals surface area (Å²) < 4.78 is 0.